The number of methoxy groups -OCH3 is 1. The topological polar surface area (TPSA) is 75.6 Å². The van der Waals surface area contributed by atoms with E-state index < -0.39 is 64.6 Å². The van der Waals surface area contributed by atoms with Gasteiger partial charge in [-0.2, -0.15) is 26.3 Å². The van der Waals surface area contributed by atoms with Crippen molar-refractivity contribution < 1.29 is 50.2 Å². The predicted molar refractivity (Wildman–Crippen MR) is 109 cm³/mol. The molecule has 0 aromatic heterocycles. The quantitative estimate of drug-likeness (QED) is 0.480. The Bertz CT molecular complexity index is 1110. The van der Waals surface area contributed by atoms with Crippen LogP contribution < -0.4 is 10.1 Å². The molecule has 2 aromatic rings. The van der Waals surface area contributed by atoms with E-state index >= 15 is 0 Å². The zero-order chi connectivity index (χ0) is 26.1. The molecule has 0 bridgehead atoms. The van der Waals surface area contributed by atoms with Crippen LogP contribution in [0.2, 0.25) is 0 Å². The second-order valence-electron chi connectivity index (χ2n) is 8.14. The Morgan fingerprint density at radius 3 is 2.11 bits per heavy atom. The Kier molecular flexibility index (Phi) is 7.32. The predicted octanol–water partition coefficient (Wildman–Crippen LogP) is 6.10. The maximum Gasteiger partial charge on any atom is 0.416 e. The summed E-state index contributed by atoms with van der Waals surface area (Å²) in [5.74, 6) is -7.38. The van der Waals surface area contributed by atoms with Gasteiger partial charge in [0.05, 0.1) is 35.8 Å². The second kappa shape index (κ2) is 9.74. The van der Waals surface area contributed by atoms with E-state index in [9.17, 15) is 45.4 Å². The highest BCUT2D eigenvalue weighted by Crippen LogP contribution is 2.46. The van der Waals surface area contributed by atoms with Gasteiger partial charge in [0.15, 0.2) is 0 Å². The second-order valence-corrected chi connectivity index (χ2v) is 8.14. The smallest absolute Gasteiger partial charge is 0.416 e. The van der Waals surface area contributed by atoms with E-state index in [2.05, 4.69) is 5.32 Å². The summed E-state index contributed by atoms with van der Waals surface area (Å²) in [5.41, 5.74) is -2.64. The van der Waals surface area contributed by atoms with Crippen LogP contribution in [-0.2, 0) is 21.9 Å². The molecule has 190 valence electrons. The number of hydrogen-bond donors (Lipinski definition) is 2. The van der Waals surface area contributed by atoms with Gasteiger partial charge in [0.25, 0.3) is 0 Å². The van der Waals surface area contributed by atoms with Gasteiger partial charge in [-0.1, -0.05) is 12.5 Å². The summed E-state index contributed by atoms with van der Waals surface area (Å²) in [6.07, 6.45) is -8.82. The molecule has 35 heavy (non-hydrogen) atoms. The first-order chi connectivity index (χ1) is 16.2. The summed E-state index contributed by atoms with van der Waals surface area (Å²) in [6, 6.07) is 4.15. The maximum atomic E-state index is 14.2. The summed E-state index contributed by atoms with van der Waals surface area (Å²) in [7, 11) is 1.13. The molecule has 1 aliphatic rings. The lowest BCUT2D eigenvalue weighted by Crippen LogP contribution is -2.40. The minimum Gasteiger partial charge on any atom is -0.496 e. The van der Waals surface area contributed by atoms with Crippen molar-refractivity contribution in [3.63, 3.8) is 0 Å². The number of rotatable bonds is 5. The van der Waals surface area contributed by atoms with E-state index in [0.29, 0.717) is 12.5 Å². The molecule has 5 nitrogen and oxygen atoms in total. The van der Waals surface area contributed by atoms with Gasteiger partial charge in [0, 0.05) is 5.92 Å². The fraction of sp³-hybridized carbons (Fsp3) is 0.391. The number of carbonyl (C=O) groups is 2. The average Bonchev–Trinajstić information content (AvgIpc) is 2.77. The fourth-order valence-electron chi connectivity index (χ4n) is 4.40. The monoisotopic (exact) mass is 507 g/mol. The number of carboxylic acids is 1. The van der Waals surface area contributed by atoms with Crippen LogP contribution in [0.25, 0.3) is 0 Å². The van der Waals surface area contributed by atoms with E-state index in [1.54, 1.807) is 0 Å². The van der Waals surface area contributed by atoms with Crippen LogP contribution >= 0.6 is 0 Å². The van der Waals surface area contributed by atoms with Crippen molar-refractivity contribution in [2.75, 3.05) is 12.4 Å². The first-order valence-corrected chi connectivity index (χ1v) is 10.4. The van der Waals surface area contributed by atoms with Gasteiger partial charge in [-0.3, -0.25) is 9.59 Å². The van der Waals surface area contributed by atoms with E-state index in [1.807, 2.05) is 0 Å². The zero-order valence-electron chi connectivity index (χ0n) is 18.1. The number of halogens is 7. The third-order valence-electron chi connectivity index (χ3n) is 6.03. The highest BCUT2D eigenvalue weighted by atomic mass is 19.4. The normalized spacial score (nSPS) is 20.9. The number of carboxylic acid groups (broad SMARTS) is 1. The average molecular weight is 507 g/mol. The summed E-state index contributed by atoms with van der Waals surface area (Å²) in [5, 5.41) is 12.0. The molecule has 1 fully saturated rings. The molecule has 0 radical (unpaired) electrons. The molecule has 1 amide bonds. The highest BCUT2D eigenvalue weighted by Gasteiger charge is 2.44. The standard InChI is InChI=1S/C23H20F7NO4/c1-35-18-10-12(23(28,29)30)5-7-13(18)14-3-2-4-15(19(14)21(33)34)20(32)31-17-8-6-11(9-16(17)24)22(25,26)27/h5-10,14-15,19H,2-4H2,1H3,(H,31,32)(H,33,34)/t14-,15-,19-/m1/s1. The molecule has 2 aromatic carbocycles. The first kappa shape index (κ1) is 26.3. The van der Waals surface area contributed by atoms with Crippen LogP contribution in [0, 0.1) is 17.7 Å². The Morgan fingerprint density at radius 1 is 0.971 bits per heavy atom. The van der Waals surface area contributed by atoms with Crippen molar-refractivity contribution >= 4 is 17.6 Å². The van der Waals surface area contributed by atoms with E-state index in [4.69, 9.17) is 4.74 Å². The molecule has 0 aliphatic heterocycles. The maximum absolute atomic E-state index is 14.2. The number of nitrogens with one attached hydrogen (secondary N) is 1. The number of anilines is 1. The minimum absolute atomic E-state index is 0.0739. The zero-order valence-corrected chi connectivity index (χ0v) is 18.1. The number of carbonyl (C=O) groups excluding carboxylic acids is 1. The minimum atomic E-state index is -4.80. The van der Waals surface area contributed by atoms with Crippen molar-refractivity contribution in [1.82, 2.24) is 0 Å². The molecule has 0 saturated heterocycles. The molecule has 0 heterocycles. The Balaban J connectivity index is 1.91. The van der Waals surface area contributed by atoms with Gasteiger partial charge >= 0.3 is 18.3 Å². The molecule has 2 N–H and O–H groups in total. The Hall–Kier alpha value is -3.31. The SMILES string of the molecule is COc1cc(C(F)(F)F)ccc1[C@H]1CCC[C@@H](C(=O)Nc2ccc(C(F)(F)F)cc2F)[C@@H]1C(=O)O. The number of alkyl halides is 6. The van der Waals surface area contributed by atoms with Gasteiger partial charge in [0.1, 0.15) is 11.6 Å². The first-order valence-electron chi connectivity index (χ1n) is 10.4. The van der Waals surface area contributed by atoms with Crippen molar-refractivity contribution in [1.29, 1.82) is 0 Å². The lowest BCUT2D eigenvalue weighted by Gasteiger charge is -2.35. The van der Waals surface area contributed by atoms with Crippen LogP contribution in [0.5, 0.6) is 5.75 Å². The van der Waals surface area contributed by atoms with Crippen LogP contribution in [0.1, 0.15) is 41.9 Å². The number of amides is 1. The van der Waals surface area contributed by atoms with Crippen molar-refractivity contribution in [3.8, 4) is 5.75 Å². The summed E-state index contributed by atoms with van der Waals surface area (Å²) >= 11 is 0. The van der Waals surface area contributed by atoms with Gasteiger partial charge in [-0.05, 0) is 48.7 Å². The molecular weight excluding hydrogens is 487 g/mol. The van der Waals surface area contributed by atoms with Crippen LogP contribution in [0.3, 0.4) is 0 Å². The summed E-state index contributed by atoms with van der Waals surface area (Å²) < 4.78 is 96.8. The van der Waals surface area contributed by atoms with Gasteiger partial charge in [0.2, 0.25) is 5.91 Å². The third-order valence-corrected chi connectivity index (χ3v) is 6.03. The number of benzene rings is 2. The van der Waals surface area contributed by atoms with Gasteiger partial charge in [-0.15, -0.1) is 0 Å². The van der Waals surface area contributed by atoms with Crippen molar-refractivity contribution in [2.24, 2.45) is 11.8 Å². The van der Waals surface area contributed by atoms with Crippen molar-refractivity contribution in [2.45, 2.75) is 37.5 Å². The van der Waals surface area contributed by atoms with Crippen molar-refractivity contribution in [3.05, 3.63) is 58.9 Å². The van der Waals surface area contributed by atoms with Gasteiger partial charge < -0.3 is 15.2 Å². The highest BCUT2D eigenvalue weighted by molar-refractivity contribution is 5.95. The van der Waals surface area contributed by atoms with Crippen LogP contribution in [0.4, 0.5) is 36.4 Å². The molecule has 1 aliphatic carbocycles. The number of hydrogen-bond acceptors (Lipinski definition) is 3. The Morgan fingerprint density at radius 2 is 1.57 bits per heavy atom. The largest absolute Gasteiger partial charge is 0.496 e. The molecule has 3 atom stereocenters. The van der Waals surface area contributed by atoms with E-state index in [1.165, 1.54) is 0 Å². The molecule has 0 spiro atoms. The van der Waals surface area contributed by atoms with Crippen LogP contribution in [-0.4, -0.2) is 24.1 Å². The third kappa shape index (κ3) is 5.68. The molecule has 12 heteroatoms. The lowest BCUT2D eigenvalue weighted by molar-refractivity contribution is -0.149. The number of aliphatic carboxylic acids is 1. The van der Waals surface area contributed by atoms with Crippen LogP contribution in [0.15, 0.2) is 36.4 Å². The van der Waals surface area contributed by atoms with Gasteiger partial charge in [-0.25, -0.2) is 4.39 Å². The van der Waals surface area contributed by atoms with E-state index in [0.717, 1.165) is 31.4 Å². The lowest BCUT2D eigenvalue weighted by atomic mass is 9.68. The molecule has 3 rings (SSSR count). The summed E-state index contributed by atoms with van der Waals surface area (Å²) in [6.45, 7) is 0. The molecular formula is C23H20F7NO4. The summed E-state index contributed by atoms with van der Waals surface area (Å²) in [4.78, 5) is 25.0. The Labute approximate surface area is 194 Å². The number of ether oxygens (including phenoxy) is 1. The molecule has 1 saturated carbocycles. The van der Waals surface area contributed by atoms with E-state index in [-0.39, 0.29) is 30.2 Å². The molecule has 0 unspecified atom stereocenters. The fourth-order valence-corrected chi connectivity index (χ4v) is 4.40.